The number of hydrogen-bond donors (Lipinski definition) is 0. The van der Waals surface area contributed by atoms with Crippen LogP contribution in [-0.4, -0.2) is 68.9 Å². The Kier molecular flexibility index (Phi) is 6.10. The Labute approximate surface area is 189 Å². The van der Waals surface area contributed by atoms with Crippen molar-refractivity contribution >= 4 is 23.3 Å². The average Bonchev–Trinajstić information content (AvgIpc) is 3.38. The van der Waals surface area contributed by atoms with E-state index in [1.165, 1.54) is 12.4 Å². The maximum Gasteiger partial charge on any atom is 0.416 e. The number of aromatic nitrogens is 3. The zero-order valence-electron chi connectivity index (χ0n) is 18.1. The molecule has 0 atom stereocenters. The van der Waals surface area contributed by atoms with Crippen LogP contribution in [0.1, 0.15) is 37.8 Å². The van der Waals surface area contributed by atoms with E-state index in [1.807, 2.05) is 18.7 Å². The van der Waals surface area contributed by atoms with Crippen LogP contribution in [0.4, 0.5) is 23.7 Å². The number of rotatable bonds is 3. The number of nitrogens with zero attached hydrogens (tertiary/aromatic N) is 6. The smallest absolute Gasteiger partial charge is 0.371 e. The summed E-state index contributed by atoms with van der Waals surface area (Å²) in [5, 5.41) is 3.90. The average molecular weight is 471 g/mol. The fraction of sp³-hybridized carbons (Fsp3) is 0.571. The van der Waals surface area contributed by atoms with E-state index in [1.54, 1.807) is 11.0 Å². The van der Waals surface area contributed by atoms with Gasteiger partial charge in [-0.05, 0) is 56.0 Å². The summed E-state index contributed by atoms with van der Waals surface area (Å²) in [6.07, 6.45) is -1.12. The standard InChI is InChI=1S/C21H26ClF3N6O/c1-20(2)13-28(9-10-30(20)19(32)31-14-26-18(22)27-31)12-15-5-6-16(21(23,24)25)11-17(15)29-7-3-4-8-29/h5-6,11,14H,3-4,7-10,12-13H2,1-2H3. The van der Waals surface area contributed by atoms with Crippen LogP contribution in [0.2, 0.25) is 5.28 Å². The molecule has 32 heavy (non-hydrogen) atoms. The number of carbonyl (C=O) groups excluding carboxylic acids is 1. The lowest BCUT2D eigenvalue weighted by molar-refractivity contribution is -0.137. The number of piperazine rings is 1. The molecule has 3 heterocycles. The highest BCUT2D eigenvalue weighted by Crippen LogP contribution is 2.35. The van der Waals surface area contributed by atoms with Crippen molar-refractivity contribution in [2.45, 2.75) is 44.9 Å². The van der Waals surface area contributed by atoms with E-state index in [9.17, 15) is 18.0 Å². The molecule has 174 valence electrons. The lowest BCUT2D eigenvalue weighted by atomic mass is 9.98. The van der Waals surface area contributed by atoms with Gasteiger partial charge in [0.1, 0.15) is 6.33 Å². The van der Waals surface area contributed by atoms with Crippen LogP contribution in [0.5, 0.6) is 0 Å². The molecule has 2 aliphatic heterocycles. The van der Waals surface area contributed by atoms with Gasteiger partial charge in [0, 0.05) is 45.0 Å². The van der Waals surface area contributed by atoms with Crippen LogP contribution in [0.25, 0.3) is 0 Å². The Bertz CT molecular complexity index is 986. The Morgan fingerprint density at radius 3 is 2.47 bits per heavy atom. The second-order valence-corrected chi connectivity index (χ2v) is 9.29. The van der Waals surface area contributed by atoms with Gasteiger partial charge in [-0.2, -0.15) is 17.9 Å². The van der Waals surface area contributed by atoms with E-state index in [-0.39, 0.29) is 11.3 Å². The molecular formula is C21H26ClF3N6O. The highest BCUT2D eigenvalue weighted by atomic mass is 35.5. The molecule has 2 fully saturated rings. The molecule has 0 saturated carbocycles. The normalized spacial score (nSPS) is 19.6. The molecule has 0 bridgehead atoms. The molecule has 11 heteroatoms. The molecule has 0 aliphatic carbocycles. The highest BCUT2D eigenvalue weighted by Gasteiger charge is 2.38. The van der Waals surface area contributed by atoms with Gasteiger partial charge in [0.05, 0.1) is 11.1 Å². The Morgan fingerprint density at radius 1 is 1.16 bits per heavy atom. The lowest BCUT2D eigenvalue weighted by Crippen LogP contribution is -2.61. The Morgan fingerprint density at radius 2 is 1.88 bits per heavy atom. The molecule has 1 aromatic carbocycles. The molecule has 2 aliphatic rings. The quantitative estimate of drug-likeness (QED) is 0.675. The first-order valence-corrected chi connectivity index (χ1v) is 11.0. The Hall–Kier alpha value is -2.33. The summed E-state index contributed by atoms with van der Waals surface area (Å²) in [5.41, 5.74) is 0.405. The van der Waals surface area contributed by atoms with Crippen LogP contribution in [-0.2, 0) is 12.7 Å². The number of amides is 1. The minimum absolute atomic E-state index is 0.00605. The monoisotopic (exact) mass is 470 g/mol. The van der Waals surface area contributed by atoms with Crippen molar-refractivity contribution in [1.82, 2.24) is 24.6 Å². The van der Waals surface area contributed by atoms with Crippen LogP contribution >= 0.6 is 11.6 Å². The molecule has 0 N–H and O–H groups in total. The summed E-state index contributed by atoms with van der Waals surface area (Å²) >= 11 is 5.74. The molecule has 1 aromatic heterocycles. The number of halogens is 4. The zero-order chi connectivity index (χ0) is 23.1. The van der Waals surface area contributed by atoms with Crippen molar-refractivity contribution in [2.75, 3.05) is 37.6 Å². The minimum atomic E-state index is -4.37. The summed E-state index contributed by atoms with van der Waals surface area (Å²) in [6.45, 7) is 7.60. The Balaban J connectivity index is 1.52. The van der Waals surface area contributed by atoms with E-state index in [0.29, 0.717) is 31.9 Å². The predicted octanol–water partition coefficient (Wildman–Crippen LogP) is 4.12. The van der Waals surface area contributed by atoms with E-state index in [0.717, 1.165) is 42.2 Å². The summed E-state index contributed by atoms with van der Waals surface area (Å²) in [5.74, 6) is 0. The maximum atomic E-state index is 13.3. The second kappa shape index (κ2) is 8.55. The van der Waals surface area contributed by atoms with Crippen LogP contribution in [0, 0.1) is 0 Å². The topological polar surface area (TPSA) is 57.5 Å². The van der Waals surface area contributed by atoms with Gasteiger partial charge < -0.3 is 9.80 Å². The SMILES string of the molecule is CC1(C)CN(Cc2ccc(C(F)(F)F)cc2N2CCCC2)CCN1C(=O)n1cnc(Cl)n1. The number of anilines is 1. The third-order valence-electron chi connectivity index (χ3n) is 6.13. The zero-order valence-corrected chi connectivity index (χ0v) is 18.8. The van der Waals surface area contributed by atoms with Crippen LogP contribution < -0.4 is 4.90 Å². The third kappa shape index (κ3) is 4.71. The summed E-state index contributed by atoms with van der Waals surface area (Å²) in [6, 6.07) is 3.73. The van der Waals surface area contributed by atoms with Crippen molar-refractivity contribution in [3.05, 3.63) is 40.9 Å². The second-order valence-electron chi connectivity index (χ2n) is 8.95. The molecule has 1 amide bonds. The number of carbonyl (C=O) groups is 1. The van der Waals surface area contributed by atoms with Crippen molar-refractivity contribution in [1.29, 1.82) is 0 Å². The fourth-order valence-electron chi connectivity index (χ4n) is 4.57. The van der Waals surface area contributed by atoms with Gasteiger partial charge in [0.25, 0.3) is 0 Å². The number of benzene rings is 1. The molecular weight excluding hydrogens is 445 g/mol. The van der Waals surface area contributed by atoms with Crippen molar-refractivity contribution in [3.8, 4) is 0 Å². The lowest BCUT2D eigenvalue weighted by Gasteiger charge is -2.47. The minimum Gasteiger partial charge on any atom is -0.371 e. The molecule has 7 nitrogen and oxygen atoms in total. The van der Waals surface area contributed by atoms with E-state index in [2.05, 4.69) is 15.0 Å². The summed E-state index contributed by atoms with van der Waals surface area (Å²) in [7, 11) is 0. The number of hydrogen-bond acceptors (Lipinski definition) is 5. The maximum absolute atomic E-state index is 13.3. The molecule has 4 rings (SSSR count). The first kappa shape index (κ1) is 22.8. The highest BCUT2D eigenvalue weighted by molar-refractivity contribution is 6.28. The van der Waals surface area contributed by atoms with Gasteiger partial charge in [-0.25, -0.2) is 9.78 Å². The molecule has 0 radical (unpaired) electrons. The van der Waals surface area contributed by atoms with Crippen molar-refractivity contribution in [3.63, 3.8) is 0 Å². The molecule has 0 unspecified atom stereocenters. The van der Waals surface area contributed by atoms with Gasteiger partial charge in [-0.1, -0.05) is 6.07 Å². The number of alkyl halides is 3. The molecule has 0 spiro atoms. The fourth-order valence-corrected chi connectivity index (χ4v) is 4.70. The third-order valence-corrected chi connectivity index (χ3v) is 6.30. The van der Waals surface area contributed by atoms with E-state index < -0.39 is 17.3 Å². The first-order chi connectivity index (χ1) is 15.0. The largest absolute Gasteiger partial charge is 0.416 e. The predicted molar refractivity (Wildman–Crippen MR) is 115 cm³/mol. The van der Waals surface area contributed by atoms with Gasteiger partial charge >= 0.3 is 12.2 Å². The van der Waals surface area contributed by atoms with E-state index in [4.69, 9.17) is 11.6 Å². The van der Waals surface area contributed by atoms with Gasteiger partial charge in [0.15, 0.2) is 0 Å². The van der Waals surface area contributed by atoms with Gasteiger partial charge in [-0.3, -0.25) is 4.90 Å². The summed E-state index contributed by atoms with van der Waals surface area (Å²) in [4.78, 5) is 22.6. The first-order valence-electron chi connectivity index (χ1n) is 10.6. The molecule has 2 aromatic rings. The van der Waals surface area contributed by atoms with Crippen molar-refractivity contribution in [2.24, 2.45) is 0 Å². The van der Waals surface area contributed by atoms with Crippen molar-refractivity contribution < 1.29 is 18.0 Å². The van der Waals surface area contributed by atoms with Gasteiger partial charge in [-0.15, -0.1) is 5.10 Å². The summed E-state index contributed by atoms with van der Waals surface area (Å²) < 4.78 is 41.1. The van der Waals surface area contributed by atoms with Gasteiger partial charge in [0.2, 0.25) is 5.28 Å². The van der Waals surface area contributed by atoms with E-state index >= 15 is 0 Å². The van der Waals surface area contributed by atoms with Crippen LogP contribution in [0.15, 0.2) is 24.5 Å². The van der Waals surface area contributed by atoms with Crippen LogP contribution in [0.3, 0.4) is 0 Å². The molecule has 2 saturated heterocycles.